The van der Waals surface area contributed by atoms with Crippen LogP contribution in [0.1, 0.15) is 27.8 Å². The van der Waals surface area contributed by atoms with Gasteiger partial charge in [0.15, 0.2) is 17.6 Å². The number of hydrogen-bond donors (Lipinski definition) is 2. The van der Waals surface area contributed by atoms with E-state index in [1.807, 2.05) is 42.5 Å². The number of tetrazole rings is 1. The first-order chi connectivity index (χ1) is 16.8. The number of carbonyl (C=O) groups is 1. The van der Waals surface area contributed by atoms with Crippen LogP contribution in [0.25, 0.3) is 6.08 Å². The lowest BCUT2D eigenvalue weighted by atomic mass is 10.2. The third-order valence-corrected chi connectivity index (χ3v) is 5.10. The summed E-state index contributed by atoms with van der Waals surface area (Å²) in [5.74, 6) is 1.72. The molecular formula is C25H21N5O4. The zero-order valence-corrected chi connectivity index (χ0v) is 18.0. The van der Waals surface area contributed by atoms with Gasteiger partial charge in [0.05, 0.1) is 5.69 Å². The lowest BCUT2D eigenvalue weighted by Crippen LogP contribution is -2.24. The Morgan fingerprint density at radius 1 is 1.09 bits per heavy atom. The number of H-pyrrole nitrogens is 1. The number of anilines is 1. The number of carbonyl (C=O) groups excluding carboxylic acids is 1. The highest BCUT2D eigenvalue weighted by atomic mass is 16.6. The molecule has 2 N–H and O–H groups in total. The van der Waals surface area contributed by atoms with E-state index in [1.165, 1.54) is 0 Å². The Morgan fingerprint density at radius 3 is 2.74 bits per heavy atom. The number of rotatable bonds is 7. The van der Waals surface area contributed by atoms with Crippen LogP contribution in [0.5, 0.6) is 17.2 Å². The van der Waals surface area contributed by atoms with Crippen LogP contribution in [0.2, 0.25) is 0 Å². The standard InChI is InChI=1S/C25H21N5O4/c31-25(18-11-13-19(14-12-18)32-15-5-8-17-6-2-1-3-7-17)26-20-9-4-10-21-23(20)34-22(16-33-21)24-27-29-30-28-24/h1-14,22H,15-16H2,(H,26,31)(H,27,28,29,30)/b8-5+. The van der Waals surface area contributed by atoms with Crippen LogP contribution in [0.4, 0.5) is 5.69 Å². The molecule has 9 nitrogen and oxygen atoms in total. The smallest absolute Gasteiger partial charge is 0.255 e. The molecule has 0 bridgehead atoms. The van der Waals surface area contributed by atoms with Gasteiger partial charge in [0, 0.05) is 5.56 Å². The Hall–Kier alpha value is -4.66. The SMILES string of the molecule is O=C(Nc1cccc2c1OC(c1nn[nH]n1)CO2)c1ccc(OC/C=C/c2ccccc2)cc1. The average Bonchev–Trinajstić information content (AvgIpc) is 3.43. The van der Waals surface area contributed by atoms with Gasteiger partial charge in [-0.2, -0.15) is 5.21 Å². The summed E-state index contributed by atoms with van der Waals surface area (Å²) in [6.07, 6.45) is 3.41. The van der Waals surface area contributed by atoms with Crippen LogP contribution in [0.15, 0.2) is 78.9 Å². The molecule has 0 radical (unpaired) electrons. The maximum atomic E-state index is 12.8. The van der Waals surface area contributed by atoms with Crippen molar-refractivity contribution in [3.8, 4) is 17.2 Å². The number of benzene rings is 3. The largest absolute Gasteiger partial charge is 0.490 e. The number of nitrogens with one attached hydrogen (secondary N) is 2. The molecule has 5 rings (SSSR count). The summed E-state index contributed by atoms with van der Waals surface area (Å²) >= 11 is 0. The molecule has 9 heteroatoms. The van der Waals surface area contributed by atoms with Gasteiger partial charge in [-0.05, 0) is 48.0 Å². The van der Waals surface area contributed by atoms with Crippen molar-refractivity contribution in [3.63, 3.8) is 0 Å². The van der Waals surface area contributed by atoms with Crippen LogP contribution in [-0.4, -0.2) is 39.7 Å². The highest BCUT2D eigenvalue weighted by Gasteiger charge is 2.28. The van der Waals surface area contributed by atoms with Crippen LogP contribution in [0.3, 0.4) is 0 Å². The van der Waals surface area contributed by atoms with E-state index in [9.17, 15) is 4.79 Å². The van der Waals surface area contributed by atoms with Crippen LogP contribution < -0.4 is 19.5 Å². The third-order valence-electron chi connectivity index (χ3n) is 5.10. The van der Waals surface area contributed by atoms with Crippen LogP contribution in [0, 0.1) is 0 Å². The predicted molar refractivity (Wildman–Crippen MR) is 125 cm³/mol. The van der Waals surface area contributed by atoms with E-state index in [4.69, 9.17) is 14.2 Å². The monoisotopic (exact) mass is 455 g/mol. The number of aromatic amines is 1. The molecule has 1 aliphatic rings. The van der Waals surface area contributed by atoms with E-state index in [2.05, 4.69) is 25.9 Å². The average molecular weight is 455 g/mol. The second kappa shape index (κ2) is 9.86. The van der Waals surface area contributed by atoms with Crippen LogP contribution in [-0.2, 0) is 0 Å². The second-order valence-corrected chi connectivity index (χ2v) is 7.42. The first-order valence-electron chi connectivity index (χ1n) is 10.7. The summed E-state index contributed by atoms with van der Waals surface area (Å²) in [6.45, 7) is 0.668. The lowest BCUT2D eigenvalue weighted by Gasteiger charge is -2.26. The number of aromatic nitrogens is 4. The quantitative estimate of drug-likeness (QED) is 0.432. The van der Waals surface area contributed by atoms with Gasteiger partial charge in [-0.15, -0.1) is 10.2 Å². The summed E-state index contributed by atoms with van der Waals surface area (Å²) in [5.41, 5.74) is 2.08. The zero-order valence-electron chi connectivity index (χ0n) is 18.0. The minimum atomic E-state index is -0.531. The highest BCUT2D eigenvalue weighted by Crippen LogP contribution is 2.41. The summed E-state index contributed by atoms with van der Waals surface area (Å²) in [7, 11) is 0. The highest BCUT2D eigenvalue weighted by molar-refractivity contribution is 6.05. The maximum Gasteiger partial charge on any atom is 0.255 e. The van der Waals surface area contributed by atoms with Gasteiger partial charge in [-0.25, -0.2) is 0 Å². The van der Waals surface area contributed by atoms with Crippen molar-refractivity contribution in [1.29, 1.82) is 0 Å². The first-order valence-corrected chi connectivity index (χ1v) is 10.7. The van der Waals surface area contributed by atoms with Gasteiger partial charge in [0.2, 0.25) is 5.82 Å². The molecule has 1 atom stereocenters. The van der Waals surface area contributed by atoms with Crippen molar-refractivity contribution >= 4 is 17.7 Å². The normalized spacial score (nSPS) is 14.6. The molecule has 170 valence electrons. The molecule has 0 fully saturated rings. The van der Waals surface area contributed by atoms with Gasteiger partial charge >= 0.3 is 0 Å². The van der Waals surface area contributed by atoms with Gasteiger partial charge in [0.1, 0.15) is 19.0 Å². The zero-order chi connectivity index (χ0) is 23.2. The molecule has 1 aromatic heterocycles. The topological polar surface area (TPSA) is 111 Å². The van der Waals surface area contributed by atoms with Crippen molar-refractivity contribution in [2.45, 2.75) is 6.10 Å². The molecule has 0 saturated heterocycles. The van der Waals surface area contributed by atoms with Crippen molar-refractivity contribution in [3.05, 3.63) is 95.8 Å². The molecule has 3 aromatic carbocycles. The van der Waals surface area contributed by atoms with Crippen molar-refractivity contribution in [2.75, 3.05) is 18.5 Å². The molecule has 2 heterocycles. The van der Waals surface area contributed by atoms with E-state index in [0.29, 0.717) is 40.9 Å². The number of para-hydroxylation sites is 1. The predicted octanol–water partition coefficient (Wildman–Crippen LogP) is 4.06. The fourth-order valence-electron chi connectivity index (χ4n) is 3.41. The minimum Gasteiger partial charge on any atom is -0.490 e. The summed E-state index contributed by atoms with van der Waals surface area (Å²) in [4.78, 5) is 12.8. The van der Waals surface area contributed by atoms with Gasteiger partial charge < -0.3 is 19.5 Å². The fraction of sp³-hybridized carbons (Fsp3) is 0.120. The summed E-state index contributed by atoms with van der Waals surface area (Å²) in [6, 6.07) is 22.2. The molecule has 1 amide bonds. The van der Waals surface area contributed by atoms with Crippen molar-refractivity contribution in [1.82, 2.24) is 20.6 Å². The van der Waals surface area contributed by atoms with Crippen LogP contribution >= 0.6 is 0 Å². The first kappa shape index (κ1) is 21.2. The fourth-order valence-corrected chi connectivity index (χ4v) is 3.41. The molecular weight excluding hydrogens is 434 g/mol. The Kier molecular flexibility index (Phi) is 6.15. The van der Waals surface area contributed by atoms with E-state index < -0.39 is 6.10 Å². The van der Waals surface area contributed by atoms with Gasteiger partial charge in [0.25, 0.3) is 5.91 Å². The third kappa shape index (κ3) is 4.88. The van der Waals surface area contributed by atoms with E-state index in [1.54, 1.807) is 42.5 Å². The summed E-state index contributed by atoms with van der Waals surface area (Å²) < 4.78 is 17.5. The molecule has 1 unspecified atom stereocenters. The Bertz CT molecular complexity index is 1270. The molecule has 0 aliphatic carbocycles. The maximum absolute atomic E-state index is 12.8. The van der Waals surface area contributed by atoms with E-state index >= 15 is 0 Å². The van der Waals surface area contributed by atoms with Crippen molar-refractivity contribution < 1.29 is 19.0 Å². The molecule has 1 aliphatic heterocycles. The number of ether oxygens (including phenoxy) is 3. The molecule has 4 aromatic rings. The molecule has 0 spiro atoms. The number of amides is 1. The van der Waals surface area contributed by atoms with Gasteiger partial charge in [-0.3, -0.25) is 4.79 Å². The minimum absolute atomic E-state index is 0.242. The lowest BCUT2D eigenvalue weighted by molar-refractivity contribution is 0.0856. The van der Waals surface area contributed by atoms with E-state index in [0.717, 1.165) is 5.56 Å². The Morgan fingerprint density at radius 2 is 1.94 bits per heavy atom. The summed E-state index contributed by atoms with van der Waals surface area (Å²) in [5, 5.41) is 16.7. The second-order valence-electron chi connectivity index (χ2n) is 7.42. The number of nitrogens with zero attached hydrogens (tertiary/aromatic N) is 3. The number of hydrogen-bond acceptors (Lipinski definition) is 7. The Balaban J connectivity index is 1.21. The van der Waals surface area contributed by atoms with Gasteiger partial charge in [-0.1, -0.05) is 47.7 Å². The molecule has 0 saturated carbocycles. The van der Waals surface area contributed by atoms with E-state index in [-0.39, 0.29) is 12.5 Å². The Labute approximate surface area is 195 Å². The molecule has 34 heavy (non-hydrogen) atoms. The number of fused-ring (bicyclic) bond motifs is 1. The van der Waals surface area contributed by atoms with Crippen molar-refractivity contribution in [2.24, 2.45) is 0 Å².